The molecule has 0 saturated heterocycles. The van der Waals surface area contributed by atoms with E-state index in [1.807, 2.05) is 37.3 Å². The summed E-state index contributed by atoms with van der Waals surface area (Å²) >= 11 is 3.44. The van der Waals surface area contributed by atoms with E-state index in [0.717, 1.165) is 17.2 Å². The van der Waals surface area contributed by atoms with Crippen molar-refractivity contribution in [1.29, 1.82) is 0 Å². The first-order valence-electron chi connectivity index (χ1n) is 6.51. The molecule has 0 amide bonds. The van der Waals surface area contributed by atoms with E-state index in [2.05, 4.69) is 15.9 Å². The quantitative estimate of drug-likeness (QED) is 0.767. The zero-order chi connectivity index (χ0) is 14.8. The third kappa shape index (κ3) is 3.22. The molecular weight excluding hydrogens is 338 g/mol. The van der Waals surface area contributed by atoms with E-state index in [1.54, 1.807) is 19.2 Å². The number of rotatable bonds is 5. The zero-order valence-electron chi connectivity index (χ0n) is 11.6. The molecule has 108 valence electrons. The summed E-state index contributed by atoms with van der Waals surface area (Å²) in [6.07, 6.45) is 0.778. The molecule has 3 nitrogen and oxygen atoms in total. The first-order chi connectivity index (χ1) is 9.43. The summed E-state index contributed by atoms with van der Waals surface area (Å²) in [5, 5.41) is 1.71. The van der Waals surface area contributed by atoms with Crippen LogP contribution in [0, 0.1) is 0 Å². The molecule has 1 unspecified atom stereocenters. The number of sulfonamides is 1. The highest BCUT2D eigenvalue weighted by molar-refractivity contribution is 9.09. The van der Waals surface area contributed by atoms with Gasteiger partial charge in [0.05, 0.1) is 4.90 Å². The van der Waals surface area contributed by atoms with Gasteiger partial charge in [-0.3, -0.25) is 0 Å². The monoisotopic (exact) mass is 355 g/mol. The Balaban J connectivity index is 2.41. The predicted molar refractivity (Wildman–Crippen MR) is 86.8 cm³/mol. The molecule has 0 aromatic heterocycles. The number of halogens is 1. The molecule has 2 rings (SSSR count). The van der Waals surface area contributed by atoms with Crippen molar-refractivity contribution in [2.24, 2.45) is 0 Å². The number of hydrogen-bond acceptors (Lipinski definition) is 2. The molecule has 0 aliphatic rings. The Morgan fingerprint density at radius 1 is 1.15 bits per heavy atom. The lowest BCUT2D eigenvalue weighted by Crippen LogP contribution is -2.29. The smallest absolute Gasteiger partial charge is 0.207 e. The van der Waals surface area contributed by atoms with Gasteiger partial charge in [0.25, 0.3) is 0 Å². The van der Waals surface area contributed by atoms with Crippen molar-refractivity contribution in [3.63, 3.8) is 0 Å². The number of alkyl halides is 1. The molecule has 0 radical (unpaired) electrons. The minimum absolute atomic E-state index is 0.299. The maximum Gasteiger partial charge on any atom is 0.243 e. The van der Waals surface area contributed by atoms with Crippen molar-refractivity contribution in [2.75, 3.05) is 13.6 Å². The first kappa shape index (κ1) is 15.5. The second kappa shape index (κ2) is 6.24. The molecule has 5 heteroatoms. The molecule has 20 heavy (non-hydrogen) atoms. The van der Waals surface area contributed by atoms with Gasteiger partial charge >= 0.3 is 0 Å². The Hall–Kier alpha value is -0.910. The molecule has 0 spiro atoms. The van der Waals surface area contributed by atoms with E-state index in [1.165, 1.54) is 4.31 Å². The largest absolute Gasteiger partial charge is 0.243 e. The van der Waals surface area contributed by atoms with Gasteiger partial charge in [0.2, 0.25) is 10.0 Å². The summed E-state index contributed by atoms with van der Waals surface area (Å²) in [6.45, 7) is 2.51. The van der Waals surface area contributed by atoms with Crippen molar-refractivity contribution >= 4 is 36.7 Å². The fraction of sp³-hybridized carbons (Fsp3) is 0.333. The third-order valence-electron chi connectivity index (χ3n) is 3.28. The Morgan fingerprint density at radius 3 is 2.50 bits per heavy atom. The normalized spacial score (nSPS) is 13.8. The SMILES string of the molecule is CC(Br)CCN(C)S(=O)(=O)c1cccc2ccccc12. The molecule has 2 aromatic rings. The van der Waals surface area contributed by atoms with Crippen molar-refractivity contribution in [2.45, 2.75) is 23.1 Å². The fourth-order valence-corrected chi connectivity index (χ4v) is 3.67. The molecule has 1 atom stereocenters. The van der Waals surface area contributed by atoms with Crippen molar-refractivity contribution in [1.82, 2.24) is 4.31 Å². The van der Waals surface area contributed by atoms with Crippen LogP contribution >= 0.6 is 15.9 Å². The van der Waals surface area contributed by atoms with Crippen LogP contribution in [-0.4, -0.2) is 31.1 Å². The number of nitrogens with zero attached hydrogens (tertiary/aromatic N) is 1. The van der Waals surface area contributed by atoms with E-state index in [4.69, 9.17) is 0 Å². The number of hydrogen-bond donors (Lipinski definition) is 0. The lowest BCUT2D eigenvalue weighted by molar-refractivity contribution is 0.463. The van der Waals surface area contributed by atoms with Crippen LogP contribution in [0.15, 0.2) is 47.4 Å². The molecule has 0 bridgehead atoms. The summed E-state index contributed by atoms with van der Waals surface area (Å²) in [6, 6.07) is 12.9. The summed E-state index contributed by atoms with van der Waals surface area (Å²) in [7, 11) is -1.82. The lowest BCUT2D eigenvalue weighted by atomic mass is 10.1. The second-order valence-corrected chi connectivity index (χ2v) is 8.45. The zero-order valence-corrected chi connectivity index (χ0v) is 14.0. The van der Waals surface area contributed by atoms with E-state index in [0.29, 0.717) is 16.3 Å². The minimum Gasteiger partial charge on any atom is -0.207 e. The van der Waals surface area contributed by atoms with E-state index in [-0.39, 0.29) is 0 Å². The first-order valence-corrected chi connectivity index (χ1v) is 8.86. The van der Waals surface area contributed by atoms with Gasteiger partial charge in [-0.15, -0.1) is 0 Å². The highest BCUT2D eigenvalue weighted by Crippen LogP contribution is 2.25. The van der Waals surface area contributed by atoms with Crippen LogP contribution in [0.2, 0.25) is 0 Å². The van der Waals surface area contributed by atoms with E-state index >= 15 is 0 Å². The van der Waals surface area contributed by atoms with Gasteiger partial charge in [-0.1, -0.05) is 59.3 Å². The predicted octanol–water partition coefficient (Wildman–Crippen LogP) is 3.63. The minimum atomic E-state index is -3.45. The summed E-state index contributed by atoms with van der Waals surface area (Å²) in [4.78, 5) is 0.674. The van der Waals surface area contributed by atoms with Gasteiger partial charge in [-0.2, -0.15) is 0 Å². The van der Waals surface area contributed by atoms with Crippen molar-refractivity contribution in [3.05, 3.63) is 42.5 Å². The standard InChI is InChI=1S/C15H18BrNO2S/c1-12(16)10-11-17(2)20(18,19)15-9-5-7-13-6-3-4-8-14(13)15/h3-9,12H,10-11H2,1-2H3. The molecule has 2 aromatic carbocycles. The molecular formula is C15H18BrNO2S. The highest BCUT2D eigenvalue weighted by atomic mass is 79.9. The lowest BCUT2D eigenvalue weighted by Gasteiger charge is -2.19. The maximum absolute atomic E-state index is 12.7. The molecule has 0 heterocycles. The van der Waals surface area contributed by atoms with Gasteiger partial charge in [0.1, 0.15) is 0 Å². The molecule has 0 N–H and O–H groups in total. The van der Waals surface area contributed by atoms with Gasteiger partial charge in [-0.25, -0.2) is 12.7 Å². The average Bonchev–Trinajstić information content (AvgIpc) is 2.43. The van der Waals surface area contributed by atoms with Gasteiger partial charge < -0.3 is 0 Å². The Kier molecular flexibility index (Phi) is 4.83. The van der Waals surface area contributed by atoms with E-state index < -0.39 is 10.0 Å². The highest BCUT2D eigenvalue weighted by Gasteiger charge is 2.22. The fourth-order valence-electron chi connectivity index (χ4n) is 2.07. The molecule has 0 saturated carbocycles. The average molecular weight is 356 g/mol. The number of fused-ring (bicyclic) bond motifs is 1. The van der Waals surface area contributed by atoms with Crippen LogP contribution < -0.4 is 0 Å². The third-order valence-corrected chi connectivity index (χ3v) is 5.65. The summed E-state index contributed by atoms with van der Waals surface area (Å²) in [5.41, 5.74) is 0. The Bertz CT molecular complexity index is 693. The van der Waals surface area contributed by atoms with Crippen LogP contribution in [0.25, 0.3) is 10.8 Å². The number of benzene rings is 2. The van der Waals surface area contributed by atoms with Gasteiger partial charge in [0, 0.05) is 23.8 Å². The second-order valence-electron chi connectivity index (χ2n) is 4.87. The molecule has 0 aliphatic carbocycles. The van der Waals surface area contributed by atoms with Crippen LogP contribution in [-0.2, 0) is 10.0 Å². The molecule has 0 aliphatic heterocycles. The van der Waals surface area contributed by atoms with Crippen LogP contribution in [0.1, 0.15) is 13.3 Å². The van der Waals surface area contributed by atoms with Crippen LogP contribution in [0.5, 0.6) is 0 Å². The summed E-state index contributed by atoms with van der Waals surface area (Å²) < 4.78 is 26.8. The Morgan fingerprint density at radius 2 is 1.80 bits per heavy atom. The Labute approximate surface area is 128 Å². The van der Waals surface area contributed by atoms with E-state index in [9.17, 15) is 8.42 Å². The van der Waals surface area contributed by atoms with Crippen LogP contribution in [0.4, 0.5) is 0 Å². The van der Waals surface area contributed by atoms with Gasteiger partial charge in [-0.05, 0) is 17.9 Å². The maximum atomic E-state index is 12.7. The topological polar surface area (TPSA) is 37.4 Å². The van der Waals surface area contributed by atoms with Crippen molar-refractivity contribution < 1.29 is 8.42 Å². The summed E-state index contributed by atoms with van der Waals surface area (Å²) in [5.74, 6) is 0. The molecule has 0 fully saturated rings. The van der Waals surface area contributed by atoms with Gasteiger partial charge in [0.15, 0.2) is 0 Å². The van der Waals surface area contributed by atoms with Crippen LogP contribution in [0.3, 0.4) is 0 Å². The van der Waals surface area contributed by atoms with Crippen molar-refractivity contribution in [3.8, 4) is 0 Å².